The van der Waals surface area contributed by atoms with Crippen molar-refractivity contribution in [1.82, 2.24) is 9.88 Å². The quantitative estimate of drug-likeness (QED) is 0.760. The molecule has 2 heteroatoms. The van der Waals surface area contributed by atoms with Gasteiger partial charge in [-0.2, -0.15) is 0 Å². The van der Waals surface area contributed by atoms with Crippen LogP contribution in [-0.2, 0) is 13.1 Å². The highest BCUT2D eigenvalue weighted by Crippen LogP contribution is 2.08. The Morgan fingerprint density at radius 3 is 2.67 bits per heavy atom. The van der Waals surface area contributed by atoms with Gasteiger partial charge in [0, 0.05) is 31.5 Å². The molecule has 1 rings (SSSR count). The molecule has 86 valence electrons. The van der Waals surface area contributed by atoms with Crippen molar-refractivity contribution in [2.24, 2.45) is 5.92 Å². The normalized spacial score (nSPS) is 13.4. The van der Waals surface area contributed by atoms with Crippen LogP contribution < -0.4 is 5.32 Å². The van der Waals surface area contributed by atoms with Crippen molar-refractivity contribution in [2.75, 3.05) is 0 Å². The summed E-state index contributed by atoms with van der Waals surface area (Å²) in [4.78, 5) is 0. The molecule has 1 N–H and O–H groups in total. The van der Waals surface area contributed by atoms with Gasteiger partial charge in [-0.05, 0) is 17.5 Å². The van der Waals surface area contributed by atoms with Crippen LogP contribution in [0, 0.1) is 5.92 Å². The molecule has 0 fully saturated rings. The molecule has 1 heterocycles. The molecule has 0 aliphatic heterocycles. The van der Waals surface area contributed by atoms with E-state index in [0.29, 0.717) is 6.04 Å². The van der Waals surface area contributed by atoms with E-state index in [9.17, 15) is 0 Å². The molecular formula is C13H24N2. The SMILES string of the molecule is CCC(C)Cn1ccc(CNC(C)C)c1. The lowest BCUT2D eigenvalue weighted by molar-refractivity contribution is 0.469. The van der Waals surface area contributed by atoms with Crippen LogP contribution in [-0.4, -0.2) is 10.6 Å². The molecule has 0 aliphatic carbocycles. The molecule has 0 aliphatic rings. The first-order valence-corrected chi connectivity index (χ1v) is 5.99. The van der Waals surface area contributed by atoms with E-state index in [1.165, 1.54) is 12.0 Å². The van der Waals surface area contributed by atoms with Crippen LogP contribution in [0.15, 0.2) is 18.5 Å². The number of aromatic nitrogens is 1. The van der Waals surface area contributed by atoms with Crippen molar-refractivity contribution in [3.63, 3.8) is 0 Å². The molecule has 15 heavy (non-hydrogen) atoms. The second kappa shape index (κ2) is 5.96. The monoisotopic (exact) mass is 208 g/mol. The highest BCUT2D eigenvalue weighted by molar-refractivity contribution is 5.10. The maximum atomic E-state index is 3.43. The summed E-state index contributed by atoms with van der Waals surface area (Å²) in [5.74, 6) is 0.767. The Balaban J connectivity index is 2.42. The van der Waals surface area contributed by atoms with Crippen LogP contribution in [0.25, 0.3) is 0 Å². The maximum absolute atomic E-state index is 3.43. The van der Waals surface area contributed by atoms with Gasteiger partial charge < -0.3 is 9.88 Å². The Morgan fingerprint density at radius 1 is 1.33 bits per heavy atom. The van der Waals surface area contributed by atoms with Gasteiger partial charge in [0.2, 0.25) is 0 Å². The summed E-state index contributed by atoms with van der Waals surface area (Å²) in [5.41, 5.74) is 1.38. The summed E-state index contributed by atoms with van der Waals surface area (Å²) in [6, 6.07) is 2.76. The lowest BCUT2D eigenvalue weighted by Gasteiger charge is -2.09. The summed E-state index contributed by atoms with van der Waals surface area (Å²) in [5, 5.41) is 3.43. The van der Waals surface area contributed by atoms with E-state index in [2.05, 4.69) is 56.0 Å². The fourth-order valence-electron chi connectivity index (χ4n) is 1.52. The van der Waals surface area contributed by atoms with Crippen molar-refractivity contribution in [1.29, 1.82) is 0 Å². The van der Waals surface area contributed by atoms with E-state index in [-0.39, 0.29) is 0 Å². The van der Waals surface area contributed by atoms with Gasteiger partial charge in [-0.3, -0.25) is 0 Å². The smallest absolute Gasteiger partial charge is 0.0245 e. The molecule has 1 unspecified atom stereocenters. The van der Waals surface area contributed by atoms with Crippen LogP contribution in [0.2, 0.25) is 0 Å². The van der Waals surface area contributed by atoms with Crippen LogP contribution in [0.5, 0.6) is 0 Å². The second-order valence-corrected chi connectivity index (χ2v) is 4.77. The van der Waals surface area contributed by atoms with Crippen LogP contribution in [0.3, 0.4) is 0 Å². The predicted molar refractivity (Wildman–Crippen MR) is 65.9 cm³/mol. The first-order valence-electron chi connectivity index (χ1n) is 5.99. The van der Waals surface area contributed by atoms with Crippen molar-refractivity contribution in [3.8, 4) is 0 Å². The van der Waals surface area contributed by atoms with E-state index >= 15 is 0 Å². The average molecular weight is 208 g/mol. The van der Waals surface area contributed by atoms with E-state index in [1.807, 2.05) is 0 Å². The number of nitrogens with zero attached hydrogens (tertiary/aromatic N) is 1. The molecule has 0 amide bonds. The molecule has 2 nitrogen and oxygen atoms in total. The Bertz CT molecular complexity index is 276. The van der Waals surface area contributed by atoms with Gasteiger partial charge in [0.15, 0.2) is 0 Å². The third-order valence-electron chi connectivity index (χ3n) is 2.75. The summed E-state index contributed by atoms with van der Waals surface area (Å²) in [7, 11) is 0. The predicted octanol–water partition coefficient (Wildman–Crippen LogP) is 3.03. The lowest BCUT2D eigenvalue weighted by Crippen LogP contribution is -2.21. The van der Waals surface area contributed by atoms with Crippen LogP contribution in [0.1, 0.15) is 39.7 Å². The lowest BCUT2D eigenvalue weighted by atomic mass is 10.1. The highest BCUT2D eigenvalue weighted by Gasteiger charge is 2.01. The van der Waals surface area contributed by atoms with Crippen molar-refractivity contribution >= 4 is 0 Å². The number of rotatable bonds is 6. The largest absolute Gasteiger partial charge is 0.354 e. The van der Waals surface area contributed by atoms with E-state index in [4.69, 9.17) is 0 Å². The number of hydrogen-bond donors (Lipinski definition) is 1. The molecule has 1 atom stereocenters. The van der Waals surface area contributed by atoms with E-state index in [0.717, 1.165) is 19.0 Å². The Kier molecular flexibility index (Phi) is 4.89. The Labute approximate surface area is 93.7 Å². The third kappa shape index (κ3) is 4.52. The fourth-order valence-corrected chi connectivity index (χ4v) is 1.52. The summed E-state index contributed by atoms with van der Waals surface area (Å²) >= 11 is 0. The molecule has 0 saturated heterocycles. The number of nitrogens with one attached hydrogen (secondary N) is 1. The molecule has 0 saturated carbocycles. The zero-order chi connectivity index (χ0) is 11.3. The van der Waals surface area contributed by atoms with E-state index < -0.39 is 0 Å². The third-order valence-corrected chi connectivity index (χ3v) is 2.75. The van der Waals surface area contributed by atoms with Gasteiger partial charge in [-0.25, -0.2) is 0 Å². The summed E-state index contributed by atoms with van der Waals surface area (Å²) in [6.07, 6.45) is 5.68. The minimum Gasteiger partial charge on any atom is -0.354 e. The topological polar surface area (TPSA) is 17.0 Å². The van der Waals surface area contributed by atoms with Crippen LogP contribution in [0.4, 0.5) is 0 Å². The number of hydrogen-bond acceptors (Lipinski definition) is 1. The highest BCUT2D eigenvalue weighted by atomic mass is 15.0. The Morgan fingerprint density at radius 2 is 2.07 bits per heavy atom. The van der Waals surface area contributed by atoms with Gasteiger partial charge in [0.1, 0.15) is 0 Å². The van der Waals surface area contributed by atoms with Gasteiger partial charge in [-0.1, -0.05) is 34.1 Å². The van der Waals surface area contributed by atoms with E-state index in [1.54, 1.807) is 0 Å². The van der Waals surface area contributed by atoms with Crippen molar-refractivity contribution in [2.45, 2.75) is 53.2 Å². The standard InChI is InChI=1S/C13H24N2/c1-5-12(4)9-15-7-6-13(10-15)8-14-11(2)3/h6-7,10-12,14H,5,8-9H2,1-4H3. The zero-order valence-corrected chi connectivity index (χ0v) is 10.5. The first-order chi connectivity index (χ1) is 7.11. The zero-order valence-electron chi connectivity index (χ0n) is 10.5. The maximum Gasteiger partial charge on any atom is 0.0245 e. The molecule has 1 aromatic heterocycles. The molecule has 0 spiro atoms. The molecule has 0 bridgehead atoms. The minimum absolute atomic E-state index is 0.558. The van der Waals surface area contributed by atoms with Gasteiger partial charge in [-0.15, -0.1) is 0 Å². The fraction of sp³-hybridized carbons (Fsp3) is 0.692. The minimum atomic E-state index is 0.558. The second-order valence-electron chi connectivity index (χ2n) is 4.77. The van der Waals surface area contributed by atoms with Crippen molar-refractivity contribution in [3.05, 3.63) is 24.0 Å². The molecule has 0 aromatic carbocycles. The van der Waals surface area contributed by atoms with Gasteiger partial charge in [0.25, 0.3) is 0 Å². The van der Waals surface area contributed by atoms with Crippen LogP contribution >= 0.6 is 0 Å². The summed E-state index contributed by atoms with van der Waals surface area (Å²) in [6.45, 7) is 11.0. The summed E-state index contributed by atoms with van der Waals surface area (Å²) < 4.78 is 2.30. The van der Waals surface area contributed by atoms with Gasteiger partial charge in [0.05, 0.1) is 0 Å². The average Bonchev–Trinajstić information content (AvgIpc) is 2.62. The molecule has 0 radical (unpaired) electrons. The Hall–Kier alpha value is -0.760. The van der Waals surface area contributed by atoms with Crippen molar-refractivity contribution < 1.29 is 0 Å². The molecule has 1 aromatic rings. The van der Waals surface area contributed by atoms with Gasteiger partial charge >= 0.3 is 0 Å². The molecular weight excluding hydrogens is 184 g/mol. The first kappa shape index (κ1) is 12.3.